The number of piperidine rings is 2. The molecule has 2 aromatic heterocycles. The summed E-state index contributed by atoms with van der Waals surface area (Å²) in [6, 6.07) is 14.9. The van der Waals surface area contributed by atoms with Gasteiger partial charge in [0, 0.05) is 61.4 Å². The van der Waals surface area contributed by atoms with E-state index in [1.165, 1.54) is 7.11 Å². The van der Waals surface area contributed by atoms with E-state index >= 15 is 0 Å². The molecule has 3 aliphatic heterocycles. The van der Waals surface area contributed by atoms with Gasteiger partial charge in [0.1, 0.15) is 5.69 Å². The molecule has 2 bridgehead atoms. The SMILES string of the molecule is COc1nc(-c2cccc(-c3cccc4c3CC[C@@H]4Nc3nc(OC)c(CN4CC5(C(=O)O)CCC4CC5)nc3C(F)(F)F)c2Cl)ccc1CNC[C@@H]1CCC(=O)N1. The number of amides is 1. The first-order chi connectivity index (χ1) is 27.9. The summed E-state index contributed by atoms with van der Waals surface area (Å²) in [6.07, 6.45) is 0.0157. The smallest absolute Gasteiger partial charge is 0.437 e. The number of fused-ring (bicyclic) bond motifs is 4. The van der Waals surface area contributed by atoms with Crippen LogP contribution in [0.15, 0.2) is 48.5 Å². The molecule has 58 heavy (non-hydrogen) atoms. The van der Waals surface area contributed by atoms with Gasteiger partial charge in [0.05, 0.1) is 36.4 Å². The second-order valence-corrected chi connectivity index (χ2v) is 16.0. The topological polar surface area (TPSA) is 151 Å². The maximum Gasteiger partial charge on any atom is 0.437 e. The number of benzene rings is 2. The van der Waals surface area contributed by atoms with E-state index in [9.17, 15) is 27.9 Å². The second-order valence-electron chi connectivity index (χ2n) is 15.7. The van der Waals surface area contributed by atoms with Crippen LogP contribution in [0.1, 0.15) is 79.1 Å². The number of anilines is 1. The molecule has 2 aliphatic carbocycles. The highest BCUT2D eigenvalue weighted by Gasteiger charge is 2.50. The van der Waals surface area contributed by atoms with Gasteiger partial charge in [0.2, 0.25) is 17.7 Å². The maximum absolute atomic E-state index is 14.7. The van der Waals surface area contributed by atoms with Crippen LogP contribution in [0.3, 0.4) is 0 Å². The highest BCUT2D eigenvalue weighted by atomic mass is 35.5. The van der Waals surface area contributed by atoms with Gasteiger partial charge in [-0.2, -0.15) is 18.2 Å². The predicted octanol–water partition coefficient (Wildman–Crippen LogP) is 7.19. The molecular weight excluding hydrogens is 775 g/mol. The third kappa shape index (κ3) is 7.67. The molecule has 4 N–H and O–H groups in total. The van der Waals surface area contributed by atoms with E-state index < -0.39 is 35.1 Å². The van der Waals surface area contributed by atoms with Gasteiger partial charge < -0.3 is 30.5 Å². The molecule has 2 aromatic carbocycles. The molecule has 5 heterocycles. The van der Waals surface area contributed by atoms with E-state index in [2.05, 4.69) is 25.9 Å². The van der Waals surface area contributed by atoms with E-state index in [1.807, 2.05) is 53.4 Å². The van der Waals surface area contributed by atoms with Crippen molar-refractivity contribution in [3.05, 3.63) is 81.6 Å². The van der Waals surface area contributed by atoms with Crippen LogP contribution >= 0.6 is 11.6 Å². The Bertz CT molecular complexity index is 2230. The number of alkyl halides is 3. The minimum atomic E-state index is -4.82. The third-order valence-corrected chi connectivity index (χ3v) is 12.6. The molecule has 3 saturated heterocycles. The first-order valence-corrected chi connectivity index (χ1v) is 20.0. The summed E-state index contributed by atoms with van der Waals surface area (Å²) in [5.74, 6) is -0.820. The number of pyridine rings is 1. The number of nitrogens with one attached hydrogen (secondary N) is 3. The summed E-state index contributed by atoms with van der Waals surface area (Å²) in [6.45, 7) is 1.38. The fraction of sp³-hybridized carbons (Fsp3) is 0.452. The lowest BCUT2D eigenvalue weighted by atomic mass is 9.67. The number of carbonyl (C=O) groups excluding carboxylic acids is 1. The molecule has 12 nitrogen and oxygen atoms in total. The molecule has 4 fully saturated rings. The zero-order valence-corrected chi connectivity index (χ0v) is 33.0. The Morgan fingerprint density at radius 2 is 1.71 bits per heavy atom. The van der Waals surface area contributed by atoms with Gasteiger partial charge in [-0.25, -0.2) is 9.97 Å². The second kappa shape index (κ2) is 16.0. The Balaban J connectivity index is 1.03. The van der Waals surface area contributed by atoms with Crippen LogP contribution in [0.25, 0.3) is 22.4 Å². The Hall–Kier alpha value is -4.99. The van der Waals surface area contributed by atoms with Crippen molar-refractivity contribution in [2.45, 2.75) is 88.8 Å². The van der Waals surface area contributed by atoms with E-state index in [0.29, 0.717) is 80.2 Å². The van der Waals surface area contributed by atoms with Crippen LogP contribution in [0, 0.1) is 5.41 Å². The van der Waals surface area contributed by atoms with Crippen molar-refractivity contribution in [2.24, 2.45) is 5.41 Å². The first kappa shape index (κ1) is 39.8. The van der Waals surface area contributed by atoms with Crippen molar-refractivity contribution in [1.82, 2.24) is 30.5 Å². The monoisotopic (exact) mass is 819 g/mol. The van der Waals surface area contributed by atoms with Gasteiger partial charge >= 0.3 is 12.1 Å². The highest BCUT2D eigenvalue weighted by Crippen LogP contribution is 2.47. The molecule has 9 rings (SSSR count). The van der Waals surface area contributed by atoms with Crippen molar-refractivity contribution in [2.75, 3.05) is 32.6 Å². The minimum absolute atomic E-state index is 0.000678. The number of hydrogen-bond acceptors (Lipinski definition) is 10. The van der Waals surface area contributed by atoms with Gasteiger partial charge in [-0.15, -0.1) is 0 Å². The Labute approximate surface area is 338 Å². The fourth-order valence-electron chi connectivity index (χ4n) is 9.18. The summed E-state index contributed by atoms with van der Waals surface area (Å²) in [5, 5.41) is 19.8. The molecule has 16 heteroatoms. The van der Waals surface area contributed by atoms with Gasteiger partial charge in [-0.3, -0.25) is 14.5 Å². The standard InChI is InChI=1S/C42H45ClF3N7O5/c1-57-38-23(19-47-20-24-10-14-34(54)48-24)9-12-32(51-38)30-8-4-7-29(35(30)43)26-5-3-6-28-27(26)11-13-31(28)50-37-36(42(44,45)46)49-33(39(52-37)58-2)21-53-22-41(40(55)56)17-15-25(53)16-18-41/h3-9,12,24-25,31,47H,10-11,13-22H2,1-2H3,(H,48,54)(H,50,52)(H,55,56)/t24-,25?,31-,41?/m0/s1. The first-order valence-electron chi connectivity index (χ1n) is 19.6. The molecule has 5 aliphatic rings. The van der Waals surface area contributed by atoms with Crippen LogP contribution in [-0.4, -0.2) is 76.2 Å². The van der Waals surface area contributed by atoms with Crippen molar-refractivity contribution >= 4 is 29.3 Å². The average molecular weight is 820 g/mol. The molecular formula is C42H45ClF3N7O5. The van der Waals surface area contributed by atoms with Crippen LogP contribution < -0.4 is 25.4 Å². The number of carbonyl (C=O) groups is 2. The third-order valence-electron chi connectivity index (χ3n) is 12.2. The van der Waals surface area contributed by atoms with Crippen LogP contribution in [-0.2, 0) is 35.3 Å². The number of nitrogens with zero attached hydrogens (tertiary/aromatic N) is 4. The summed E-state index contributed by atoms with van der Waals surface area (Å²) in [7, 11) is 2.91. The largest absolute Gasteiger partial charge is 0.481 e. The minimum Gasteiger partial charge on any atom is -0.481 e. The Kier molecular flexibility index (Phi) is 11.0. The molecule has 0 unspecified atom stereocenters. The lowest BCUT2D eigenvalue weighted by Crippen LogP contribution is -2.56. The van der Waals surface area contributed by atoms with Gasteiger partial charge in [0.25, 0.3) is 0 Å². The van der Waals surface area contributed by atoms with E-state index in [0.717, 1.165) is 34.2 Å². The van der Waals surface area contributed by atoms with Crippen molar-refractivity contribution < 1.29 is 37.3 Å². The van der Waals surface area contributed by atoms with Crippen molar-refractivity contribution in [1.29, 1.82) is 0 Å². The zero-order valence-electron chi connectivity index (χ0n) is 32.2. The molecule has 0 radical (unpaired) electrons. The molecule has 4 aromatic rings. The number of rotatable bonds is 13. The number of ether oxygens (including phenoxy) is 2. The zero-order chi connectivity index (χ0) is 40.8. The number of hydrogen-bond donors (Lipinski definition) is 4. The lowest BCUT2D eigenvalue weighted by molar-refractivity contribution is -0.160. The van der Waals surface area contributed by atoms with Crippen molar-refractivity contribution in [3.63, 3.8) is 0 Å². The molecule has 306 valence electrons. The Morgan fingerprint density at radius 3 is 2.41 bits per heavy atom. The van der Waals surface area contributed by atoms with E-state index in [-0.39, 0.29) is 42.7 Å². The fourth-order valence-corrected chi connectivity index (χ4v) is 9.50. The summed E-state index contributed by atoms with van der Waals surface area (Å²) < 4.78 is 55.3. The number of aromatic nitrogens is 3. The normalized spacial score (nSPS) is 22.8. The summed E-state index contributed by atoms with van der Waals surface area (Å²) in [4.78, 5) is 38.9. The number of halogens is 4. The number of methoxy groups -OCH3 is 2. The van der Waals surface area contributed by atoms with Crippen LogP contribution in [0.4, 0.5) is 19.0 Å². The molecule has 2 atom stereocenters. The Morgan fingerprint density at radius 1 is 0.966 bits per heavy atom. The predicted molar refractivity (Wildman–Crippen MR) is 211 cm³/mol. The maximum atomic E-state index is 14.7. The average Bonchev–Trinajstić information content (AvgIpc) is 3.83. The molecule has 0 spiro atoms. The van der Waals surface area contributed by atoms with E-state index in [4.69, 9.17) is 26.1 Å². The lowest BCUT2D eigenvalue weighted by Gasteiger charge is -2.50. The number of carboxylic acid groups (broad SMARTS) is 1. The van der Waals surface area contributed by atoms with E-state index in [1.54, 1.807) is 7.11 Å². The van der Waals surface area contributed by atoms with Crippen LogP contribution in [0.5, 0.6) is 11.8 Å². The van der Waals surface area contributed by atoms with Gasteiger partial charge in [0.15, 0.2) is 11.5 Å². The molecule has 1 saturated carbocycles. The molecule has 1 amide bonds. The summed E-state index contributed by atoms with van der Waals surface area (Å²) in [5.41, 5.74) is 3.56. The number of aliphatic carboxylic acids is 1. The van der Waals surface area contributed by atoms with Crippen LogP contribution in [0.2, 0.25) is 5.02 Å². The summed E-state index contributed by atoms with van der Waals surface area (Å²) >= 11 is 7.15. The van der Waals surface area contributed by atoms with Crippen molar-refractivity contribution in [3.8, 4) is 34.1 Å². The van der Waals surface area contributed by atoms with Gasteiger partial charge in [-0.1, -0.05) is 54.1 Å². The quantitative estimate of drug-likeness (QED) is 0.109. The highest BCUT2D eigenvalue weighted by molar-refractivity contribution is 6.36. The number of carboxylic acids is 1. The van der Waals surface area contributed by atoms with Gasteiger partial charge in [-0.05, 0) is 67.7 Å².